The van der Waals surface area contributed by atoms with Crippen molar-refractivity contribution in [3.8, 4) is 0 Å². The molecule has 2 atom stereocenters. The monoisotopic (exact) mass is 933 g/mol. The van der Waals surface area contributed by atoms with E-state index < -0.39 is 63.1 Å². The lowest BCUT2D eigenvalue weighted by atomic mass is 9.92. The van der Waals surface area contributed by atoms with Crippen LogP contribution < -0.4 is 16.6 Å². The number of H-pyrrole nitrogens is 1. The zero-order valence-corrected chi connectivity index (χ0v) is 36.6. The average molecular weight is 934 g/mol. The third kappa shape index (κ3) is 12.4. The molecule has 0 bridgehead atoms. The highest BCUT2D eigenvalue weighted by atomic mass is 16.6. The standard InChI is InChI=1S/C49H43N9O11/c50-49-54-45-43(46(62)55-49)51-26-37(52-45)16-8-29-6-13-33(14-7-29)41(59)25-34(48(64)65)15-21-42(60)53-40(24-30-4-2-1-3-5-30)47(63)56-27-35(22-31-9-17-38(18-10-31)57(66)67)44(61)36(28-56)23-32-11-19-39(20-12-32)58(68)69/h1-7,9-14,17-20,22-23,26,34,40H,8,15-16,21,24-25,27-28H2,(H,53,60)(H,64,65)(H3,50,52,54,55,62)/b35-22+,36-23+/t34-,40-/m1/s1. The first-order valence-electron chi connectivity index (χ1n) is 21.5. The largest absolute Gasteiger partial charge is 0.481 e. The Morgan fingerprint density at radius 3 is 1.96 bits per heavy atom. The van der Waals surface area contributed by atoms with Gasteiger partial charge in [0.2, 0.25) is 17.8 Å². The number of aromatic amines is 1. The summed E-state index contributed by atoms with van der Waals surface area (Å²) >= 11 is 0. The molecule has 0 unspecified atom stereocenters. The Morgan fingerprint density at radius 2 is 1.39 bits per heavy atom. The van der Waals surface area contributed by atoms with Gasteiger partial charge in [0.1, 0.15) is 6.04 Å². The number of nitro groups is 2. The highest BCUT2D eigenvalue weighted by Crippen LogP contribution is 2.26. The van der Waals surface area contributed by atoms with Crippen LogP contribution in [0.5, 0.6) is 0 Å². The van der Waals surface area contributed by atoms with Crippen molar-refractivity contribution in [2.75, 3.05) is 18.8 Å². The number of non-ortho nitro benzene ring substituents is 2. The van der Waals surface area contributed by atoms with Crippen molar-refractivity contribution < 1.29 is 38.9 Å². The van der Waals surface area contributed by atoms with E-state index in [2.05, 4.69) is 25.3 Å². The number of rotatable bonds is 18. The number of Topliss-reactive ketones (excluding diaryl/α,β-unsaturated/α-hetero) is 2. The molecule has 2 amide bonds. The Morgan fingerprint density at radius 1 is 0.797 bits per heavy atom. The number of nitrogen functional groups attached to an aromatic ring is 1. The molecule has 69 heavy (non-hydrogen) atoms. The lowest BCUT2D eigenvalue weighted by molar-refractivity contribution is -0.385. The number of carbonyl (C=O) groups is 5. The van der Waals surface area contributed by atoms with E-state index in [1.54, 1.807) is 54.6 Å². The number of nitrogens with zero attached hydrogens (tertiary/aromatic N) is 6. The van der Waals surface area contributed by atoms with Crippen LogP contribution in [0.15, 0.2) is 125 Å². The fourth-order valence-corrected chi connectivity index (χ4v) is 7.70. The maximum atomic E-state index is 14.6. The van der Waals surface area contributed by atoms with E-state index in [0.717, 1.165) is 5.56 Å². The van der Waals surface area contributed by atoms with E-state index in [0.29, 0.717) is 35.2 Å². The summed E-state index contributed by atoms with van der Waals surface area (Å²) in [4.78, 5) is 118. The van der Waals surface area contributed by atoms with E-state index in [1.807, 2.05) is 0 Å². The Kier molecular flexibility index (Phi) is 14.9. The number of benzene rings is 4. The second kappa shape index (κ2) is 21.5. The second-order valence-corrected chi connectivity index (χ2v) is 16.3. The van der Waals surface area contributed by atoms with Crippen LogP contribution in [0.3, 0.4) is 0 Å². The Balaban J connectivity index is 1.03. The summed E-state index contributed by atoms with van der Waals surface area (Å²) in [7, 11) is 0. The molecule has 4 aromatic carbocycles. The Hall–Kier alpha value is -9.07. The number of hydrogen-bond acceptors (Lipinski definition) is 14. The minimum atomic E-state index is -1.28. The van der Waals surface area contributed by atoms with E-state index in [9.17, 15) is 54.1 Å². The lowest BCUT2D eigenvalue weighted by Gasteiger charge is -2.33. The molecular formula is C49H43N9O11. The predicted molar refractivity (Wildman–Crippen MR) is 251 cm³/mol. The number of hydrogen-bond donors (Lipinski definition) is 4. The number of nitro benzene ring substituents is 2. The van der Waals surface area contributed by atoms with E-state index in [4.69, 9.17) is 5.73 Å². The molecule has 20 nitrogen and oxygen atoms in total. The summed E-state index contributed by atoms with van der Waals surface area (Å²) in [5.41, 5.74) is 8.57. The molecule has 3 heterocycles. The van der Waals surface area contributed by atoms with Crippen LogP contribution in [0.1, 0.15) is 57.6 Å². The van der Waals surface area contributed by atoms with Gasteiger partial charge in [-0.1, -0.05) is 54.6 Å². The van der Waals surface area contributed by atoms with Crippen LogP contribution >= 0.6 is 0 Å². The third-order valence-corrected chi connectivity index (χ3v) is 11.4. The number of aliphatic carboxylic acids is 1. The number of aromatic nitrogens is 4. The first-order chi connectivity index (χ1) is 33.1. The molecule has 20 heteroatoms. The Bertz CT molecular complexity index is 3000. The van der Waals surface area contributed by atoms with Crippen molar-refractivity contribution in [2.45, 2.75) is 44.6 Å². The van der Waals surface area contributed by atoms with E-state index in [1.165, 1.54) is 71.8 Å². The molecule has 1 aliphatic rings. The smallest absolute Gasteiger partial charge is 0.306 e. The fourth-order valence-electron chi connectivity index (χ4n) is 7.70. The van der Waals surface area contributed by atoms with Gasteiger partial charge in [-0.3, -0.25) is 54.0 Å². The highest BCUT2D eigenvalue weighted by Gasteiger charge is 2.34. The summed E-state index contributed by atoms with van der Waals surface area (Å²) in [6.07, 6.45) is 4.49. The molecule has 0 radical (unpaired) electrons. The number of nitrogens with one attached hydrogen (secondary N) is 2. The summed E-state index contributed by atoms with van der Waals surface area (Å²) < 4.78 is 0. The first-order valence-corrected chi connectivity index (χ1v) is 21.5. The zero-order valence-electron chi connectivity index (χ0n) is 36.6. The van der Waals surface area contributed by atoms with E-state index in [-0.39, 0.29) is 77.5 Å². The number of amides is 2. The summed E-state index contributed by atoms with van der Waals surface area (Å²) in [5.74, 6) is -4.69. The van der Waals surface area contributed by atoms with Crippen molar-refractivity contribution in [2.24, 2.45) is 5.92 Å². The highest BCUT2D eigenvalue weighted by molar-refractivity contribution is 6.15. The van der Waals surface area contributed by atoms with Gasteiger partial charge in [0.25, 0.3) is 16.9 Å². The Labute approximate surface area is 391 Å². The van der Waals surface area contributed by atoms with Gasteiger partial charge in [0.05, 0.1) is 21.5 Å². The average Bonchev–Trinajstić information content (AvgIpc) is 3.33. The van der Waals surface area contributed by atoms with Crippen molar-refractivity contribution in [1.29, 1.82) is 0 Å². The number of carbonyl (C=O) groups excluding carboxylic acids is 4. The lowest BCUT2D eigenvalue weighted by Crippen LogP contribution is -2.52. The molecule has 1 saturated heterocycles. The van der Waals surface area contributed by atoms with Crippen LogP contribution in [0.2, 0.25) is 0 Å². The summed E-state index contributed by atoms with van der Waals surface area (Å²) in [6, 6.07) is 25.2. The van der Waals surface area contributed by atoms with Crippen LogP contribution in [0.4, 0.5) is 17.3 Å². The van der Waals surface area contributed by atoms with Crippen molar-refractivity contribution in [3.63, 3.8) is 0 Å². The fraction of sp³-hybridized carbons (Fsp3) is 0.204. The topological polar surface area (TPSA) is 305 Å². The molecule has 2 aromatic heterocycles. The third-order valence-electron chi connectivity index (χ3n) is 11.4. The number of anilines is 1. The van der Waals surface area contributed by atoms with Gasteiger partial charge in [-0.05, 0) is 77.9 Å². The molecule has 1 fully saturated rings. The molecular weight excluding hydrogens is 891 g/mol. The minimum Gasteiger partial charge on any atom is -0.481 e. The van der Waals surface area contributed by atoms with Gasteiger partial charge < -0.3 is 21.1 Å². The SMILES string of the molecule is Nc1nc2nc(CCc3ccc(C(=O)C[C@@H](CCC(=O)N[C@H](Cc4ccccc4)C(=O)N4C/C(=C\c5ccc([N+](=O)[O-])cc5)C(=O)/C(=C/c5ccc([N+](=O)[O-])cc5)C4)C(=O)O)cc3)cnc2c(=O)[nH]1. The number of carboxylic acids is 1. The zero-order chi connectivity index (χ0) is 49.2. The van der Waals surface area contributed by atoms with Crippen molar-refractivity contribution >= 4 is 70.0 Å². The van der Waals surface area contributed by atoms with Crippen molar-refractivity contribution in [1.82, 2.24) is 30.2 Å². The van der Waals surface area contributed by atoms with Crippen molar-refractivity contribution in [3.05, 3.63) is 185 Å². The molecule has 6 aromatic rings. The number of ketones is 2. The van der Waals surface area contributed by atoms with Crippen LogP contribution in [-0.4, -0.2) is 88.3 Å². The molecule has 7 rings (SSSR count). The minimum absolute atomic E-state index is 0.0264. The molecule has 0 aliphatic carbocycles. The van der Waals surface area contributed by atoms with Gasteiger partial charge in [0.15, 0.2) is 22.7 Å². The second-order valence-electron chi connectivity index (χ2n) is 16.3. The van der Waals surface area contributed by atoms with Crippen LogP contribution in [0, 0.1) is 26.1 Å². The normalized spacial score (nSPS) is 14.6. The molecule has 1 aliphatic heterocycles. The van der Waals surface area contributed by atoms with Gasteiger partial charge in [-0.2, -0.15) is 4.98 Å². The van der Waals surface area contributed by atoms with Gasteiger partial charge in [-0.25, -0.2) is 9.97 Å². The maximum Gasteiger partial charge on any atom is 0.306 e. The van der Waals surface area contributed by atoms with Gasteiger partial charge in [-0.15, -0.1) is 0 Å². The number of fused-ring (bicyclic) bond motifs is 1. The van der Waals surface area contributed by atoms with Gasteiger partial charge >= 0.3 is 5.97 Å². The number of carboxylic acid groups (broad SMARTS) is 1. The number of likely N-dealkylation sites (tertiary alicyclic amines) is 1. The quantitative estimate of drug-likeness (QED) is 0.0370. The maximum absolute atomic E-state index is 14.6. The summed E-state index contributed by atoms with van der Waals surface area (Å²) in [5, 5.41) is 35.4. The molecule has 5 N–H and O–H groups in total. The molecule has 0 spiro atoms. The number of nitrogens with two attached hydrogens (primary N) is 1. The van der Waals surface area contributed by atoms with E-state index >= 15 is 0 Å². The summed E-state index contributed by atoms with van der Waals surface area (Å²) in [6.45, 7) is -0.402. The van der Waals surface area contributed by atoms with Gasteiger partial charge in [0, 0.05) is 79.5 Å². The van der Waals surface area contributed by atoms with Crippen LogP contribution in [0.25, 0.3) is 23.3 Å². The first kappa shape index (κ1) is 47.9. The number of aryl methyl sites for hydroxylation is 2. The predicted octanol–water partition coefficient (Wildman–Crippen LogP) is 5.26. The van der Waals surface area contributed by atoms with Crippen LogP contribution in [-0.2, 0) is 38.4 Å². The molecule has 0 saturated carbocycles. The number of piperidine rings is 1. The molecule has 350 valence electrons.